The number of H-pyrrole nitrogens is 1. The van der Waals surface area contributed by atoms with Crippen LogP contribution in [0.5, 0.6) is 0 Å². The second-order valence-electron chi connectivity index (χ2n) is 6.88. The summed E-state index contributed by atoms with van der Waals surface area (Å²) in [6.45, 7) is 5.03. The van der Waals surface area contributed by atoms with Gasteiger partial charge in [0.15, 0.2) is 0 Å². The van der Waals surface area contributed by atoms with E-state index in [2.05, 4.69) is 20.2 Å². The first-order valence-corrected chi connectivity index (χ1v) is 9.48. The average Bonchev–Trinajstić information content (AvgIpc) is 3.01. The molecule has 1 atom stereocenters. The molecule has 1 aromatic carbocycles. The van der Waals surface area contributed by atoms with Crippen molar-refractivity contribution < 1.29 is 9.53 Å². The molecule has 7 heteroatoms. The summed E-state index contributed by atoms with van der Waals surface area (Å²) >= 11 is 5.99. The van der Waals surface area contributed by atoms with Crippen molar-refractivity contribution in [2.75, 3.05) is 39.4 Å². The fourth-order valence-corrected chi connectivity index (χ4v) is 3.72. The molecule has 0 saturated carbocycles. The molecule has 26 heavy (non-hydrogen) atoms. The molecule has 1 amide bonds. The summed E-state index contributed by atoms with van der Waals surface area (Å²) < 4.78 is 5.38. The summed E-state index contributed by atoms with van der Waals surface area (Å²) in [6.07, 6.45) is 1.58. The minimum Gasteiger partial charge on any atom is -0.379 e. The number of rotatable bonds is 4. The average molecular weight is 375 g/mol. The smallest absolute Gasteiger partial charge is 0.271 e. The summed E-state index contributed by atoms with van der Waals surface area (Å²) in [6, 6.07) is 7.84. The number of carbonyl (C=O) groups is 1. The van der Waals surface area contributed by atoms with Crippen LogP contribution in [0, 0.1) is 0 Å². The molecule has 1 aromatic heterocycles. The molecule has 2 aliphatic rings. The lowest BCUT2D eigenvalue weighted by molar-refractivity contribution is 0.0382. The van der Waals surface area contributed by atoms with Crippen LogP contribution in [-0.2, 0) is 17.6 Å². The maximum absolute atomic E-state index is 12.4. The SMILES string of the molecule is O=C1NC[C@H](c2ccc(Cl)cc2)Cc2[nH]c(CCN3CCOCC3)nc21. The molecule has 3 heterocycles. The van der Waals surface area contributed by atoms with E-state index < -0.39 is 0 Å². The van der Waals surface area contributed by atoms with E-state index in [9.17, 15) is 4.79 Å². The molecule has 2 aromatic rings. The number of ether oxygens (including phenoxy) is 1. The largest absolute Gasteiger partial charge is 0.379 e. The van der Waals surface area contributed by atoms with Crippen molar-refractivity contribution in [1.82, 2.24) is 20.2 Å². The predicted octanol–water partition coefficient (Wildman–Crippen LogP) is 2.01. The van der Waals surface area contributed by atoms with Crippen LogP contribution in [0.3, 0.4) is 0 Å². The monoisotopic (exact) mass is 374 g/mol. The minimum absolute atomic E-state index is 0.0923. The summed E-state index contributed by atoms with van der Waals surface area (Å²) in [7, 11) is 0. The molecule has 0 spiro atoms. The normalized spacial score (nSPS) is 21.1. The van der Waals surface area contributed by atoms with Crippen molar-refractivity contribution in [2.24, 2.45) is 0 Å². The highest BCUT2D eigenvalue weighted by Crippen LogP contribution is 2.25. The van der Waals surface area contributed by atoms with Crippen LogP contribution >= 0.6 is 11.6 Å². The second kappa shape index (κ2) is 7.78. The standard InChI is InChI=1S/C19H23ClN4O2/c20-15-3-1-13(2-4-15)14-11-16-18(19(25)21-12-14)23-17(22-16)5-6-24-7-9-26-10-8-24/h1-4,14H,5-12H2,(H,21,25)(H,22,23)/t14-/m1/s1. The van der Waals surface area contributed by atoms with Crippen LogP contribution in [0.15, 0.2) is 24.3 Å². The molecular weight excluding hydrogens is 352 g/mol. The Bertz CT molecular complexity index is 768. The van der Waals surface area contributed by atoms with Gasteiger partial charge < -0.3 is 15.0 Å². The van der Waals surface area contributed by atoms with Gasteiger partial charge in [0.1, 0.15) is 11.5 Å². The molecule has 2 N–H and O–H groups in total. The van der Waals surface area contributed by atoms with Crippen molar-refractivity contribution >= 4 is 17.5 Å². The Morgan fingerprint density at radius 3 is 2.77 bits per heavy atom. The number of imidazole rings is 1. The third kappa shape index (κ3) is 3.92. The van der Waals surface area contributed by atoms with Gasteiger partial charge in [-0.2, -0.15) is 0 Å². The first-order chi connectivity index (χ1) is 12.7. The van der Waals surface area contributed by atoms with Gasteiger partial charge >= 0.3 is 0 Å². The zero-order valence-corrected chi connectivity index (χ0v) is 15.4. The first kappa shape index (κ1) is 17.5. The van der Waals surface area contributed by atoms with E-state index in [1.165, 1.54) is 5.56 Å². The molecule has 2 aliphatic heterocycles. The summed E-state index contributed by atoms with van der Waals surface area (Å²) in [5, 5.41) is 3.72. The quantitative estimate of drug-likeness (QED) is 0.858. The van der Waals surface area contributed by atoms with Crippen LogP contribution in [0.1, 0.15) is 33.5 Å². The minimum atomic E-state index is -0.0923. The number of aromatic nitrogens is 2. The molecule has 1 saturated heterocycles. The molecule has 138 valence electrons. The van der Waals surface area contributed by atoms with Crippen LogP contribution in [-0.4, -0.2) is 60.2 Å². The summed E-state index contributed by atoms with van der Waals surface area (Å²) in [4.78, 5) is 22.8. The Hall–Kier alpha value is -1.89. The molecule has 6 nitrogen and oxygen atoms in total. The lowest BCUT2D eigenvalue weighted by atomic mass is 9.94. The maximum Gasteiger partial charge on any atom is 0.271 e. The number of carbonyl (C=O) groups excluding carboxylic acids is 1. The zero-order chi connectivity index (χ0) is 17.9. The third-order valence-electron chi connectivity index (χ3n) is 5.11. The number of nitrogens with zero attached hydrogens (tertiary/aromatic N) is 2. The van der Waals surface area contributed by atoms with Crippen molar-refractivity contribution in [1.29, 1.82) is 0 Å². The van der Waals surface area contributed by atoms with E-state index in [1.807, 2.05) is 24.3 Å². The van der Waals surface area contributed by atoms with Gasteiger partial charge in [-0.05, 0) is 24.1 Å². The number of nitrogens with one attached hydrogen (secondary N) is 2. The Kier molecular flexibility index (Phi) is 5.24. The number of hydrogen-bond donors (Lipinski definition) is 2. The summed E-state index contributed by atoms with van der Waals surface area (Å²) in [5.74, 6) is 1.00. The van der Waals surface area contributed by atoms with E-state index in [1.54, 1.807) is 0 Å². The highest BCUT2D eigenvalue weighted by atomic mass is 35.5. The molecule has 0 radical (unpaired) electrons. The van der Waals surface area contributed by atoms with Gasteiger partial charge in [-0.1, -0.05) is 23.7 Å². The van der Waals surface area contributed by atoms with Crippen molar-refractivity contribution in [2.45, 2.75) is 18.8 Å². The molecule has 0 unspecified atom stereocenters. The molecule has 4 rings (SSSR count). The van der Waals surface area contributed by atoms with Gasteiger partial charge in [0.2, 0.25) is 0 Å². The van der Waals surface area contributed by atoms with E-state index in [4.69, 9.17) is 16.3 Å². The number of hydrogen-bond acceptors (Lipinski definition) is 4. The number of halogens is 1. The highest BCUT2D eigenvalue weighted by molar-refractivity contribution is 6.30. The number of morpholine rings is 1. The van der Waals surface area contributed by atoms with Crippen molar-refractivity contribution in [3.63, 3.8) is 0 Å². The Morgan fingerprint density at radius 2 is 2.00 bits per heavy atom. The van der Waals surface area contributed by atoms with Gasteiger partial charge in [0, 0.05) is 49.2 Å². The van der Waals surface area contributed by atoms with Crippen LogP contribution in [0.4, 0.5) is 0 Å². The highest BCUT2D eigenvalue weighted by Gasteiger charge is 2.26. The van der Waals surface area contributed by atoms with Gasteiger partial charge in [0.05, 0.1) is 13.2 Å². The van der Waals surface area contributed by atoms with Crippen LogP contribution < -0.4 is 5.32 Å². The van der Waals surface area contributed by atoms with Gasteiger partial charge in [-0.25, -0.2) is 4.98 Å². The Balaban J connectivity index is 1.47. The molecule has 1 fully saturated rings. The van der Waals surface area contributed by atoms with E-state index in [-0.39, 0.29) is 11.8 Å². The molecule has 0 bridgehead atoms. The first-order valence-electron chi connectivity index (χ1n) is 9.10. The number of amides is 1. The van der Waals surface area contributed by atoms with Gasteiger partial charge in [-0.15, -0.1) is 0 Å². The van der Waals surface area contributed by atoms with E-state index >= 15 is 0 Å². The fourth-order valence-electron chi connectivity index (χ4n) is 3.60. The van der Waals surface area contributed by atoms with E-state index in [0.29, 0.717) is 12.2 Å². The zero-order valence-electron chi connectivity index (χ0n) is 14.6. The maximum atomic E-state index is 12.4. The lowest BCUT2D eigenvalue weighted by Gasteiger charge is -2.26. The van der Waals surface area contributed by atoms with Crippen LogP contribution in [0.25, 0.3) is 0 Å². The summed E-state index contributed by atoms with van der Waals surface area (Å²) in [5.41, 5.74) is 2.64. The number of fused-ring (bicyclic) bond motifs is 1. The molecular formula is C19H23ClN4O2. The van der Waals surface area contributed by atoms with Crippen LogP contribution in [0.2, 0.25) is 5.02 Å². The van der Waals surface area contributed by atoms with E-state index in [0.717, 1.165) is 62.2 Å². The Morgan fingerprint density at radius 1 is 1.23 bits per heavy atom. The lowest BCUT2D eigenvalue weighted by Crippen LogP contribution is -2.37. The second-order valence-corrected chi connectivity index (χ2v) is 7.31. The molecule has 0 aliphatic carbocycles. The van der Waals surface area contributed by atoms with Gasteiger partial charge in [-0.3, -0.25) is 9.69 Å². The van der Waals surface area contributed by atoms with Crippen molar-refractivity contribution in [3.05, 3.63) is 52.1 Å². The third-order valence-corrected chi connectivity index (χ3v) is 5.36. The number of aromatic amines is 1. The fraction of sp³-hybridized carbons (Fsp3) is 0.474. The topological polar surface area (TPSA) is 70.2 Å². The Labute approximate surface area is 157 Å². The van der Waals surface area contributed by atoms with Gasteiger partial charge in [0.25, 0.3) is 5.91 Å². The number of benzene rings is 1. The predicted molar refractivity (Wildman–Crippen MR) is 99.8 cm³/mol. The van der Waals surface area contributed by atoms with Crippen molar-refractivity contribution in [3.8, 4) is 0 Å².